The van der Waals surface area contributed by atoms with Crippen LogP contribution < -0.4 is 34.5 Å². The molecule has 0 N–H and O–H groups in total. The molecule has 0 amide bonds. The SMILES string of the molecule is C=CCOP([O-])(=S)SCC=C.[Na+]. The van der Waals surface area contributed by atoms with Crippen LogP contribution in [-0.4, -0.2) is 12.4 Å². The van der Waals surface area contributed by atoms with E-state index < -0.39 is 5.69 Å². The van der Waals surface area contributed by atoms with Crippen LogP contribution in [0, 0.1) is 0 Å². The molecule has 0 radical (unpaired) electrons. The van der Waals surface area contributed by atoms with Gasteiger partial charge in [-0.05, 0) is 0 Å². The Kier molecular flexibility index (Phi) is 11.9. The van der Waals surface area contributed by atoms with Crippen LogP contribution in [-0.2, 0) is 16.3 Å². The summed E-state index contributed by atoms with van der Waals surface area (Å²) >= 11 is 5.78. The van der Waals surface area contributed by atoms with Crippen LogP contribution in [0.1, 0.15) is 0 Å². The molecule has 0 fully saturated rings. The molecule has 0 aromatic heterocycles. The molecule has 12 heavy (non-hydrogen) atoms. The van der Waals surface area contributed by atoms with Gasteiger partial charge in [-0.3, -0.25) is 0 Å². The molecule has 6 heteroatoms. The van der Waals surface area contributed by atoms with E-state index in [1.165, 1.54) is 6.08 Å². The van der Waals surface area contributed by atoms with Crippen LogP contribution in [0.25, 0.3) is 0 Å². The Morgan fingerprint density at radius 1 is 1.50 bits per heavy atom. The molecular weight excluding hydrogens is 222 g/mol. The van der Waals surface area contributed by atoms with Crippen molar-refractivity contribution < 1.29 is 39.0 Å². The molecule has 0 spiro atoms. The molecule has 0 heterocycles. The van der Waals surface area contributed by atoms with Gasteiger partial charge >= 0.3 is 29.6 Å². The molecule has 64 valence electrons. The Morgan fingerprint density at radius 2 is 2.08 bits per heavy atom. The van der Waals surface area contributed by atoms with Crippen molar-refractivity contribution in [3.05, 3.63) is 25.3 Å². The summed E-state index contributed by atoms with van der Waals surface area (Å²) < 4.78 is 4.85. The molecule has 0 aromatic carbocycles. The van der Waals surface area contributed by atoms with E-state index in [1.54, 1.807) is 6.08 Å². The summed E-state index contributed by atoms with van der Waals surface area (Å²) in [5.74, 6) is 0.553. The van der Waals surface area contributed by atoms with Gasteiger partial charge in [0.2, 0.25) is 0 Å². The average Bonchev–Trinajstić information content (AvgIpc) is 1.97. The first-order valence-corrected chi connectivity index (χ1v) is 7.17. The second kappa shape index (κ2) is 8.97. The second-order valence-electron chi connectivity index (χ2n) is 1.62. The molecule has 0 aliphatic carbocycles. The van der Waals surface area contributed by atoms with Gasteiger partial charge in [0.25, 0.3) is 0 Å². The summed E-state index contributed by atoms with van der Waals surface area (Å²) in [5.41, 5.74) is -2.87. The third-order valence-corrected chi connectivity index (χ3v) is 4.84. The van der Waals surface area contributed by atoms with E-state index in [4.69, 9.17) is 4.52 Å². The summed E-state index contributed by atoms with van der Waals surface area (Å²) in [6.45, 7) is 7.14. The van der Waals surface area contributed by atoms with E-state index in [0.717, 1.165) is 11.4 Å². The molecule has 0 aromatic rings. The van der Waals surface area contributed by atoms with Gasteiger partial charge in [-0.1, -0.05) is 24.0 Å². The fraction of sp³-hybridized carbons (Fsp3) is 0.333. The first kappa shape index (κ1) is 15.9. The van der Waals surface area contributed by atoms with Crippen molar-refractivity contribution in [2.45, 2.75) is 0 Å². The zero-order chi connectivity index (χ0) is 8.74. The minimum absolute atomic E-state index is 0. The van der Waals surface area contributed by atoms with Gasteiger partial charge in [0.1, 0.15) is 0 Å². The van der Waals surface area contributed by atoms with E-state index in [1.807, 2.05) is 0 Å². The monoisotopic (exact) mass is 232 g/mol. The van der Waals surface area contributed by atoms with E-state index in [9.17, 15) is 4.89 Å². The van der Waals surface area contributed by atoms with E-state index in [-0.39, 0.29) is 36.2 Å². The summed E-state index contributed by atoms with van der Waals surface area (Å²) in [6, 6.07) is 0. The standard InChI is InChI=1S/C6H11O2PS2.Na/c1-3-5-8-9(7,10)11-6-4-2;/h3-4H,1-2,5-6H2,(H,7,10);/q;+1/p-1. The van der Waals surface area contributed by atoms with Gasteiger partial charge in [0, 0.05) is 11.4 Å². The summed E-state index contributed by atoms with van der Waals surface area (Å²) in [5, 5.41) is 0. The molecule has 2 nitrogen and oxygen atoms in total. The zero-order valence-electron chi connectivity index (χ0n) is 7.06. The molecule has 1 unspecified atom stereocenters. The van der Waals surface area contributed by atoms with E-state index >= 15 is 0 Å². The van der Waals surface area contributed by atoms with Crippen molar-refractivity contribution in [1.29, 1.82) is 0 Å². The zero-order valence-corrected chi connectivity index (χ0v) is 11.6. The van der Waals surface area contributed by atoms with Crippen molar-refractivity contribution in [2.24, 2.45) is 0 Å². The Morgan fingerprint density at radius 3 is 2.50 bits per heavy atom. The van der Waals surface area contributed by atoms with Crippen LogP contribution >= 0.6 is 17.1 Å². The second-order valence-corrected chi connectivity index (χ2v) is 7.71. The van der Waals surface area contributed by atoms with Crippen molar-refractivity contribution in [3.63, 3.8) is 0 Å². The Bertz CT molecular complexity index is 170. The molecular formula is C6H10NaO2PS2. The quantitative estimate of drug-likeness (QED) is 0.323. The van der Waals surface area contributed by atoms with Crippen LogP contribution in [0.3, 0.4) is 0 Å². The van der Waals surface area contributed by atoms with Crippen molar-refractivity contribution in [1.82, 2.24) is 0 Å². The summed E-state index contributed by atoms with van der Waals surface area (Å²) in [4.78, 5) is 11.2. The molecule has 0 aliphatic rings. The van der Waals surface area contributed by atoms with Gasteiger partial charge in [-0.2, -0.15) is 0 Å². The number of hydrogen-bond donors (Lipinski definition) is 0. The molecule has 1 atom stereocenters. The first-order valence-electron chi connectivity index (χ1n) is 2.94. The first-order chi connectivity index (χ1) is 5.12. The Hall–Kier alpha value is 1.40. The normalized spacial score (nSPS) is 14.1. The maximum atomic E-state index is 11.2. The predicted molar refractivity (Wildman–Crippen MR) is 53.1 cm³/mol. The van der Waals surface area contributed by atoms with Gasteiger partial charge in [-0.15, -0.1) is 24.5 Å². The molecule has 0 saturated heterocycles. The number of rotatable bonds is 6. The van der Waals surface area contributed by atoms with Gasteiger partial charge in [-0.25, -0.2) is 0 Å². The Balaban J connectivity index is 0. The maximum absolute atomic E-state index is 11.2. The van der Waals surface area contributed by atoms with Crippen LogP contribution in [0.4, 0.5) is 0 Å². The molecule has 0 aliphatic heterocycles. The molecule has 0 rings (SSSR count). The fourth-order valence-electron chi connectivity index (χ4n) is 0.325. The van der Waals surface area contributed by atoms with E-state index in [2.05, 4.69) is 25.0 Å². The summed E-state index contributed by atoms with van der Waals surface area (Å²) in [6.07, 6.45) is 3.16. The van der Waals surface area contributed by atoms with E-state index in [0.29, 0.717) is 5.75 Å². The van der Waals surface area contributed by atoms with Crippen molar-refractivity contribution >= 4 is 28.9 Å². The van der Waals surface area contributed by atoms with Crippen LogP contribution in [0.5, 0.6) is 0 Å². The van der Waals surface area contributed by atoms with Crippen LogP contribution in [0.15, 0.2) is 25.3 Å². The van der Waals surface area contributed by atoms with Crippen molar-refractivity contribution in [3.8, 4) is 0 Å². The summed E-state index contributed by atoms with van der Waals surface area (Å²) in [7, 11) is 0. The van der Waals surface area contributed by atoms with Gasteiger partial charge < -0.3 is 9.42 Å². The maximum Gasteiger partial charge on any atom is 1.00 e. The molecule has 0 saturated carbocycles. The largest absolute Gasteiger partial charge is 1.00 e. The minimum Gasteiger partial charge on any atom is -0.793 e. The van der Waals surface area contributed by atoms with Crippen LogP contribution in [0.2, 0.25) is 0 Å². The third kappa shape index (κ3) is 9.49. The number of hydrogen-bond acceptors (Lipinski definition) is 4. The average molecular weight is 232 g/mol. The topological polar surface area (TPSA) is 32.3 Å². The third-order valence-electron chi connectivity index (χ3n) is 0.701. The Labute approximate surface area is 105 Å². The van der Waals surface area contributed by atoms with Gasteiger partial charge in [0.05, 0.1) is 6.61 Å². The fourth-order valence-corrected chi connectivity index (χ4v) is 2.98. The smallest absolute Gasteiger partial charge is 0.793 e. The molecule has 0 bridgehead atoms. The van der Waals surface area contributed by atoms with Gasteiger partial charge in [0.15, 0.2) is 0 Å². The predicted octanol–water partition coefficient (Wildman–Crippen LogP) is -1.30. The van der Waals surface area contributed by atoms with Crippen molar-refractivity contribution in [2.75, 3.05) is 12.4 Å². The minimum atomic E-state index is -2.87.